The van der Waals surface area contributed by atoms with Gasteiger partial charge in [-0.3, -0.25) is 4.79 Å². The van der Waals surface area contributed by atoms with Gasteiger partial charge in [-0.05, 0) is 24.0 Å². The SMILES string of the molecule is CC(C)(C)[C@H](N)C(=O)NCCCNc1ccccc1.Cl.Cl. The number of anilines is 1. The molecule has 0 spiro atoms. The minimum atomic E-state index is -0.463. The van der Waals surface area contributed by atoms with Crippen LogP contribution in [0.15, 0.2) is 30.3 Å². The van der Waals surface area contributed by atoms with Gasteiger partial charge < -0.3 is 16.4 Å². The quantitative estimate of drug-likeness (QED) is 0.700. The smallest absolute Gasteiger partial charge is 0.237 e. The summed E-state index contributed by atoms with van der Waals surface area (Å²) in [5.74, 6) is -0.0767. The van der Waals surface area contributed by atoms with Gasteiger partial charge in [0.15, 0.2) is 0 Å². The van der Waals surface area contributed by atoms with Gasteiger partial charge in [-0.1, -0.05) is 39.0 Å². The van der Waals surface area contributed by atoms with E-state index in [1.165, 1.54) is 0 Å². The molecule has 0 aliphatic heterocycles. The van der Waals surface area contributed by atoms with Gasteiger partial charge in [0, 0.05) is 18.8 Å². The molecule has 0 bridgehead atoms. The van der Waals surface area contributed by atoms with E-state index in [0.717, 1.165) is 18.7 Å². The van der Waals surface area contributed by atoms with Crippen LogP contribution in [0.25, 0.3) is 0 Å². The van der Waals surface area contributed by atoms with E-state index in [0.29, 0.717) is 6.54 Å². The molecule has 0 unspecified atom stereocenters. The number of benzene rings is 1. The van der Waals surface area contributed by atoms with Gasteiger partial charge in [0.1, 0.15) is 0 Å². The van der Waals surface area contributed by atoms with Crippen molar-refractivity contribution >= 4 is 36.4 Å². The van der Waals surface area contributed by atoms with E-state index in [2.05, 4.69) is 10.6 Å². The number of carbonyl (C=O) groups excluding carboxylic acids is 1. The molecule has 1 amide bonds. The van der Waals surface area contributed by atoms with Crippen LogP contribution in [0, 0.1) is 5.41 Å². The second-order valence-corrected chi connectivity index (χ2v) is 5.78. The van der Waals surface area contributed by atoms with Crippen molar-refractivity contribution in [3.05, 3.63) is 30.3 Å². The Kier molecular flexibility index (Phi) is 11.4. The number of carbonyl (C=O) groups is 1. The summed E-state index contributed by atoms with van der Waals surface area (Å²) in [5.41, 5.74) is 6.77. The third kappa shape index (κ3) is 8.81. The molecule has 0 heterocycles. The first-order valence-corrected chi connectivity index (χ1v) is 6.73. The number of hydrogen-bond donors (Lipinski definition) is 3. The molecule has 1 aromatic carbocycles. The largest absolute Gasteiger partial charge is 0.385 e. The number of rotatable bonds is 6. The van der Waals surface area contributed by atoms with Crippen LogP contribution < -0.4 is 16.4 Å². The summed E-state index contributed by atoms with van der Waals surface area (Å²) in [6, 6.07) is 9.55. The predicted octanol–water partition coefficient (Wildman–Crippen LogP) is 2.82. The minimum absolute atomic E-state index is 0. The fourth-order valence-electron chi connectivity index (χ4n) is 1.59. The highest BCUT2D eigenvalue weighted by Gasteiger charge is 2.26. The molecule has 1 atom stereocenters. The monoisotopic (exact) mass is 335 g/mol. The van der Waals surface area contributed by atoms with Crippen molar-refractivity contribution < 1.29 is 4.79 Å². The summed E-state index contributed by atoms with van der Waals surface area (Å²) < 4.78 is 0. The second kappa shape index (κ2) is 10.7. The van der Waals surface area contributed by atoms with Crippen LogP contribution in [0.5, 0.6) is 0 Å². The Morgan fingerprint density at radius 2 is 1.71 bits per heavy atom. The summed E-state index contributed by atoms with van der Waals surface area (Å²) >= 11 is 0. The number of halogens is 2. The van der Waals surface area contributed by atoms with Gasteiger partial charge in [0.05, 0.1) is 6.04 Å². The highest BCUT2D eigenvalue weighted by atomic mass is 35.5. The van der Waals surface area contributed by atoms with Crippen LogP contribution >= 0.6 is 24.8 Å². The number of hydrogen-bond acceptors (Lipinski definition) is 3. The highest BCUT2D eigenvalue weighted by Crippen LogP contribution is 2.17. The van der Waals surface area contributed by atoms with Crippen LogP contribution in [0.2, 0.25) is 0 Å². The third-order valence-corrected chi connectivity index (χ3v) is 2.97. The van der Waals surface area contributed by atoms with Crippen LogP contribution in [0.1, 0.15) is 27.2 Å². The fraction of sp³-hybridized carbons (Fsp3) is 0.533. The van der Waals surface area contributed by atoms with E-state index in [9.17, 15) is 4.79 Å². The Morgan fingerprint density at radius 1 is 1.14 bits per heavy atom. The third-order valence-electron chi connectivity index (χ3n) is 2.97. The zero-order valence-electron chi connectivity index (χ0n) is 12.9. The van der Waals surface area contributed by atoms with Crippen molar-refractivity contribution in [2.24, 2.45) is 11.1 Å². The van der Waals surface area contributed by atoms with Crippen molar-refractivity contribution in [3.63, 3.8) is 0 Å². The molecule has 0 saturated carbocycles. The first-order chi connectivity index (χ1) is 8.91. The maximum atomic E-state index is 11.8. The Labute approximate surface area is 140 Å². The number of amides is 1. The van der Waals surface area contributed by atoms with Gasteiger partial charge in [-0.25, -0.2) is 0 Å². The fourth-order valence-corrected chi connectivity index (χ4v) is 1.59. The van der Waals surface area contributed by atoms with E-state index in [1.807, 2.05) is 51.1 Å². The lowest BCUT2D eigenvalue weighted by Crippen LogP contribution is -2.48. The average Bonchev–Trinajstić information content (AvgIpc) is 2.37. The van der Waals surface area contributed by atoms with Crippen molar-refractivity contribution in [2.45, 2.75) is 33.2 Å². The van der Waals surface area contributed by atoms with Crippen molar-refractivity contribution in [1.82, 2.24) is 5.32 Å². The number of nitrogens with two attached hydrogens (primary N) is 1. The topological polar surface area (TPSA) is 67.2 Å². The molecule has 0 saturated heterocycles. The number of para-hydroxylation sites is 1. The van der Waals surface area contributed by atoms with Crippen molar-refractivity contribution in [2.75, 3.05) is 18.4 Å². The molecule has 0 aliphatic carbocycles. The summed E-state index contributed by atoms with van der Waals surface area (Å²) in [7, 11) is 0. The highest BCUT2D eigenvalue weighted by molar-refractivity contribution is 5.85. The molecule has 0 aromatic heterocycles. The van der Waals surface area contributed by atoms with E-state index >= 15 is 0 Å². The van der Waals surface area contributed by atoms with Gasteiger partial charge >= 0.3 is 0 Å². The van der Waals surface area contributed by atoms with E-state index in [4.69, 9.17) is 5.73 Å². The Balaban J connectivity index is 0. The standard InChI is InChI=1S/C15H25N3O.2ClH/c1-15(2,3)13(16)14(19)18-11-7-10-17-12-8-5-4-6-9-12;;/h4-6,8-9,13,17H,7,10-11,16H2,1-3H3,(H,18,19);2*1H/t13-;;/m1../s1. The number of nitrogens with one attached hydrogen (secondary N) is 2. The van der Waals surface area contributed by atoms with Crippen LogP contribution in [0.3, 0.4) is 0 Å². The zero-order chi connectivity index (χ0) is 14.3. The minimum Gasteiger partial charge on any atom is -0.385 e. The summed E-state index contributed by atoms with van der Waals surface area (Å²) in [6.07, 6.45) is 0.873. The van der Waals surface area contributed by atoms with E-state index in [-0.39, 0.29) is 36.1 Å². The molecule has 4 nitrogen and oxygen atoms in total. The molecule has 6 heteroatoms. The molecule has 21 heavy (non-hydrogen) atoms. The van der Waals surface area contributed by atoms with Gasteiger partial charge in [0.2, 0.25) is 5.91 Å². The van der Waals surface area contributed by atoms with Gasteiger partial charge in [0.25, 0.3) is 0 Å². The predicted molar refractivity (Wildman–Crippen MR) is 94.5 cm³/mol. The molecule has 0 aliphatic rings. The molecule has 4 N–H and O–H groups in total. The Bertz CT molecular complexity index is 394. The average molecular weight is 336 g/mol. The lowest BCUT2D eigenvalue weighted by Gasteiger charge is -2.25. The molecular weight excluding hydrogens is 309 g/mol. The van der Waals surface area contributed by atoms with Gasteiger partial charge in [-0.15, -0.1) is 24.8 Å². The molecule has 0 fully saturated rings. The zero-order valence-corrected chi connectivity index (χ0v) is 14.5. The van der Waals surface area contributed by atoms with Crippen LogP contribution in [-0.4, -0.2) is 25.0 Å². The molecule has 122 valence electrons. The maximum absolute atomic E-state index is 11.8. The lowest BCUT2D eigenvalue weighted by atomic mass is 9.87. The lowest BCUT2D eigenvalue weighted by molar-refractivity contribution is -0.124. The maximum Gasteiger partial charge on any atom is 0.237 e. The Morgan fingerprint density at radius 3 is 2.24 bits per heavy atom. The first kappa shape index (κ1) is 22.3. The Hall–Kier alpha value is -0.970. The molecular formula is C15H27Cl2N3O. The van der Waals surface area contributed by atoms with Crippen LogP contribution in [-0.2, 0) is 4.79 Å². The molecule has 1 rings (SSSR count). The van der Waals surface area contributed by atoms with Crippen LogP contribution in [0.4, 0.5) is 5.69 Å². The van der Waals surface area contributed by atoms with Gasteiger partial charge in [-0.2, -0.15) is 0 Å². The summed E-state index contributed by atoms with van der Waals surface area (Å²) in [5, 5.41) is 6.17. The summed E-state index contributed by atoms with van der Waals surface area (Å²) in [4.78, 5) is 11.8. The van der Waals surface area contributed by atoms with E-state index < -0.39 is 6.04 Å². The van der Waals surface area contributed by atoms with Crippen molar-refractivity contribution in [1.29, 1.82) is 0 Å². The first-order valence-electron chi connectivity index (χ1n) is 6.73. The molecule has 1 aromatic rings. The van der Waals surface area contributed by atoms with E-state index in [1.54, 1.807) is 0 Å². The van der Waals surface area contributed by atoms with Crippen molar-refractivity contribution in [3.8, 4) is 0 Å². The summed E-state index contributed by atoms with van der Waals surface area (Å²) in [6.45, 7) is 7.37. The molecule has 0 radical (unpaired) electrons. The second-order valence-electron chi connectivity index (χ2n) is 5.78. The normalized spacial score (nSPS) is 11.6.